The highest BCUT2D eigenvalue weighted by atomic mass is 16.2. The molecule has 0 unspecified atom stereocenters. The minimum absolute atomic E-state index is 0.127. The summed E-state index contributed by atoms with van der Waals surface area (Å²) in [5.41, 5.74) is 0.916. The molecule has 0 saturated carbocycles. The summed E-state index contributed by atoms with van der Waals surface area (Å²) < 4.78 is 1.28. The fourth-order valence-corrected chi connectivity index (χ4v) is 2.18. The van der Waals surface area contributed by atoms with E-state index in [0.29, 0.717) is 0 Å². The molecule has 0 aliphatic heterocycles. The van der Waals surface area contributed by atoms with Crippen LogP contribution in [0.25, 0.3) is 0 Å². The zero-order valence-electron chi connectivity index (χ0n) is 14.2. The number of aryl methyl sites for hydroxylation is 1. The number of benzene rings is 1. The molecule has 25 heavy (non-hydrogen) atoms. The number of amides is 1. The van der Waals surface area contributed by atoms with Crippen molar-refractivity contribution >= 4 is 11.6 Å². The minimum atomic E-state index is -0.527. The van der Waals surface area contributed by atoms with Crippen LogP contribution in [0.3, 0.4) is 0 Å². The molecule has 7 heteroatoms. The standard InChI is InChI=1S/C18H20N4O3/c1-21(2)15-8-4-3-6-14(15)7-5-11-19-16(23)9-12-22-13-10-17(24)20-18(22)25/h3-4,6,8,10,13H,9,11-12H2,1-2H3,(H,19,23)(H,20,24,25). The molecular formula is C18H20N4O3. The van der Waals surface area contributed by atoms with Gasteiger partial charge in [0.15, 0.2) is 0 Å². The lowest BCUT2D eigenvalue weighted by Gasteiger charge is -2.13. The van der Waals surface area contributed by atoms with E-state index in [1.54, 1.807) is 0 Å². The van der Waals surface area contributed by atoms with Crippen molar-refractivity contribution in [2.75, 3.05) is 25.5 Å². The van der Waals surface area contributed by atoms with Gasteiger partial charge in [0.1, 0.15) is 0 Å². The number of hydrogen-bond acceptors (Lipinski definition) is 4. The predicted molar refractivity (Wildman–Crippen MR) is 96.6 cm³/mol. The van der Waals surface area contributed by atoms with Crippen LogP contribution in [0.15, 0.2) is 46.1 Å². The van der Waals surface area contributed by atoms with Gasteiger partial charge in [-0.3, -0.25) is 14.6 Å². The second-order valence-corrected chi connectivity index (χ2v) is 5.54. The Morgan fingerprint density at radius 2 is 2.00 bits per heavy atom. The average Bonchev–Trinajstić information content (AvgIpc) is 2.58. The Morgan fingerprint density at radius 1 is 1.24 bits per heavy atom. The molecule has 0 spiro atoms. The minimum Gasteiger partial charge on any atom is -0.377 e. The summed E-state index contributed by atoms with van der Waals surface area (Å²) in [5.74, 6) is 5.74. The van der Waals surface area contributed by atoms with E-state index in [1.165, 1.54) is 16.8 Å². The quantitative estimate of drug-likeness (QED) is 0.759. The summed E-state index contributed by atoms with van der Waals surface area (Å²) >= 11 is 0. The first-order valence-corrected chi connectivity index (χ1v) is 7.79. The number of aromatic amines is 1. The molecule has 0 fully saturated rings. The van der Waals surface area contributed by atoms with Gasteiger partial charge >= 0.3 is 5.69 Å². The zero-order chi connectivity index (χ0) is 18.2. The molecule has 1 aromatic carbocycles. The molecule has 2 rings (SSSR count). The van der Waals surface area contributed by atoms with Crippen LogP contribution in [0.2, 0.25) is 0 Å². The summed E-state index contributed by atoms with van der Waals surface area (Å²) in [6, 6.07) is 9.00. The van der Waals surface area contributed by atoms with E-state index in [1.807, 2.05) is 43.3 Å². The zero-order valence-corrected chi connectivity index (χ0v) is 14.2. The summed E-state index contributed by atoms with van der Waals surface area (Å²) in [7, 11) is 3.89. The van der Waals surface area contributed by atoms with Gasteiger partial charge in [0.05, 0.1) is 12.2 Å². The van der Waals surface area contributed by atoms with Crippen LogP contribution in [-0.4, -0.2) is 36.1 Å². The Hall–Kier alpha value is -3.27. The van der Waals surface area contributed by atoms with Crippen LogP contribution in [-0.2, 0) is 11.3 Å². The van der Waals surface area contributed by atoms with Gasteiger partial charge in [-0.15, -0.1) is 0 Å². The number of para-hydroxylation sites is 1. The highest BCUT2D eigenvalue weighted by Gasteiger charge is 2.03. The third-order valence-corrected chi connectivity index (χ3v) is 3.46. The van der Waals surface area contributed by atoms with Crippen LogP contribution < -0.4 is 21.5 Å². The number of nitrogens with zero attached hydrogens (tertiary/aromatic N) is 2. The van der Waals surface area contributed by atoms with Crippen molar-refractivity contribution in [3.8, 4) is 11.8 Å². The Kier molecular flexibility index (Phi) is 6.18. The van der Waals surface area contributed by atoms with Gasteiger partial charge in [-0.25, -0.2) is 4.79 Å². The molecule has 0 radical (unpaired) electrons. The summed E-state index contributed by atoms with van der Waals surface area (Å²) in [6.07, 6.45) is 1.49. The largest absolute Gasteiger partial charge is 0.377 e. The fourth-order valence-electron chi connectivity index (χ4n) is 2.18. The summed E-state index contributed by atoms with van der Waals surface area (Å²) in [4.78, 5) is 38.4. The van der Waals surface area contributed by atoms with Crippen molar-refractivity contribution in [3.05, 3.63) is 62.9 Å². The second kappa shape index (κ2) is 8.55. The van der Waals surface area contributed by atoms with E-state index >= 15 is 0 Å². The maximum Gasteiger partial charge on any atom is 0.328 e. The first kappa shape index (κ1) is 18.1. The molecule has 2 N–H and O–H groups in total. The lowest BCUT2D eigenvalue weighted by atomic mass is 10.1. The van der Waals surface area contributed by atoms with E-state index in [-0.39, 0.29) is 25.4 Å². The Labute approximate surface area is 145 Å². The number of carbonyl (C=O) groups excluding carboxylic acids is 1. The van der Waals surface area contributed by atoms with Crippen molar-refractivity contribution in [1.82, 2.24) is 14.9 Å². The molecule has 0 bridgehead atoms. The maximum atomic E-state index is 11.8. The van der Waals surface area contributed by atoms with Crippen molar-refractivity contribution in [2.45, 2.75) is 13.0 Å². The Bertz CT molecular complexity index is 916. The molecule has 0 atom stereocenters. The maximum absolute atomic E-state index is 11.8. The monoisotopic (exact) mass is 340 g/mol. The number of H-pyrrole nitrogens is 1. The summed E-state index contributed by atoms with van der Waals surface area (Å²) in [6.45, 7) is 0.416. The van der Waals surface area contributed by atoms with Gasteiger partial charge < -0.3 is 14.8 Å². The first-order chi connectivity index (χ1) is 12.0. The first-order valence-electron chi connectivity index (χ1n) is 7.79. The van der Waals surface area contributed by atoms with Gasteiger partial charge in [0.25, 0.3) is 5.56 Å². The van der Waals surface area contributed by atoms with Gasteiger partial charge in [0, 0.05) is 44.9 Å². The SMILES string of the molecule is CN(C)c1ccccc1C#CCNC(=O)CCn1ccc(=O)[nH]c1=O. The Balaban J connectivity index is 1.85. The van der Waals surface area contributed by atoms with Crippen LogP contribution >= 0.6 is 0 Å². The lowest BCUT2D eigenvalue weighted by Crippen LogP contribution is -2.31. The molecular weight excluding hydrogens is 320 g/mol. The van der Waals surface area contributed by atoms with E-state index in [0.717, 1.165) is 11.3 Å². The van der Waals surface area contributed by atoms with Crippen LogP contribution in [0.5, 0.6) is 0 Å². The van der Waals surface area contributed by atoms with Crippen molar-refractivity contribution in [1.29, 1.82) is 0 Å². The number of anilines is 1. The molecule has 0 aliphatic rings. The van der Waals surface area contributed by atoms with Gasteiger partial charge in [0.2, 0.25) is 5.91 Å². The highest BCUT2D eigenvalue weighted by Crippen LogP contribution is 2.16. The molecule has 0 aliphatic carbocycles. The third-order valence-electron chi connectivity index (χ3n) is 3.46. The van der Waals surface area contributed by atoms with E-state index < -0.39 is 11.2 Å². The molecule has 1 amide bonds. The number of carbonyl (C=O) groups is 1. The molecule has 1 aromatic heterocycles. The number of nitrogens with one attached hydrogen (secondary N) is 2. The second-order valence-electron chi connectivity index (χ2n) is 5.54. The van der Waals surface area contributed by atoms with Crippen LogP contribution in [0, 0.1) is 11.8 Å². The Morgan fingerprint density at radius 3 is 2.72 bits per heavy atom. The third kappa shape index (κ3) is 5.39. The van der Waals surface area contributed by atoms with Crippen LogP contribution in [0.1, 0.15) is 12.0 Å². The molecule has 130 valence electrons. The van der Waals surface area contributed by atoms with Gasteiger partial charge in [-0.1, -0.05) is 24.0 Å². The normalized spacial score (nSPS) is 9.84. The number of rotatable bonds is 5. The van der Waals surface area contributed by atoms with E-state index in [9.17, 15) is 14.4 Å². The molecule has 7 nitrogen and oxygen atoms in total. The van der Waals surface area contributed by atoms with E-state index in [4.69, 9.17) is 0 Å². The van der Waals surface area contributed by atoms with Gasteiger partial charge in [-0.05, 0) is 12.1 Å². The van der Waals surface area contributed by atoms with Crippen LogP contribution in [0.4, 0.5) is 5.69 Å². The summed E-state index contributed by atoms with van der Waals surface area (Å²) in [5, 5.41) is 2.69. The highest BCUT2D eigenvalue weighted by molar-refractivity contribution is 5.76. The number of aromatic nitrogens is 2. The van der Waals surface area contributed by atoms with Crippen molar-refractivity contribution in [3.63, 3.8) is 0 Å². The van der Waals surface area contributed by atoms with Gasteiger partial charge in [-0.2, -0.15) is 0 Å². The topological polar surface area (TPSA) is 87.2 Å². The average molecular weight is 340 g/mol. The lowest BCUT2D eigenvalue weighted by molar-refractivity contribution is -0.121. The smallest absolute Gasteiger partial charge is 0.328 e. The molecule has 1 heterocycles. The number of hydrogen-bond donors (Lipinski definition) is 2. The molecule has 0 saturated heterocycles. The van der Waals surface area contributed by atoms with Crippen molar-refractivity contribution < 1.29 is 4.79 Å². The van der Waals surface area contributed by atoms with Crippen molar-refractivity contribution in [2.24, 2.45) is 0 Å². The molecule has 2 aromatic rings. The fraction of sp³-hybridized carbons (Fsp3) is 0.278. The van der Waals surface area contributed by atoms with E-state index in [2.05, 4.69) is 22.1 Å². The predicted octanol–water partition coefficient (Wildman–Crippen LogP) is 0.161.